The molecular weight excluding hydrogens is 114 g/mol. The van der Waals surface area contributed by atoms with Gasteiger partial charge in [-0.05, 0) is 13.3 Å². The summed E-state index contributed by atoms with van der Waals surface area (Å²) in [6.45, 7) is 4.97. The fraction of sp³-hybridized carbons (Fsp3) is 0.429. The topological polar surface area (TPSA) is 40.9 Å². The van der Waals surface area contributed by atoms with E-state index >= 15 is 0 Å². The van der Waals surface area contributed by atoms with Crippen LogP contribution in [-0.2, 0) is 4.79 Å². The van der Waals surface area contributed by atoms with Crippen LogP contribution in [0.5, 0.6) is 0 Å². The monoisotopic (exact) mass is 125 g/mol. The molecule has 0 amide bonds. The molecule has 0 heterocycles. The third-order valence-corrected chi connectivity index (χ3v) is 0.994. The first-order valence-electron chi connectivity index (χ1n) is 2.87. The van der Waals surface area contributed by atoms with E-state index in [0.717, 1.165) is 0 Å². The molecule has 0 spiro atoms. The Morgan fingerprint density at radius 2 is 2.33 bits per heavy atom. The molecule has 2 nitrogen and oxygen atoms in total. The number of carbonyl (C=O) groups is 1. The van der Waals surface area contributed by atoms with Gasteiger partial charge in [0, 0.05) is 6.42 Å². The van der Waals surface area contributed by atoms with Crippen LogP contribution in [0.3, 0.4) is 0 Å². The van der Waals surface area contributed by atoms with E-state index in [1.165, 1.54) is 6.92 Å². The van der Waals surface area contributed by atoms with Gasteiger partial charge in [0.1, 0.15) is 0 Å². The first-order valence-corrected chi connectivity index (χ1v) is 2.87. The Labute approximate surface area is 55.1 Å². The van der Waals surface area contributed by atoms with Crippen LogP contribution in [0.2, 0.25) is 0 Å². The number of hydrogen-bond donors (Lipinski definition) is 1. The Kier molecular flexibility index (Phi) is 3.60. The van der Waals surface area contributed by atoms with Crippen LogP contribution in [-0.4, -0.2) is 11.5 Å². The first kappa shape index (κ1) is 8.08. The maximum atomic E-state index is 10.6. The molecule has 2 heteroatoms. The van der Waals surface area contributed by atoms with Crippen LogP contribution >= 0.6 is 0 Å². The van der Waals surface area contributed by atoms with E-state index in [1.54, 1.807) is 6.08 Å². The van der Waals surface area contributed by atoms with Crippen LogP contribution in [0.15, 0.2) is 12.7 Å². The number of Topliss-reactive ketones (excluding diaryl/α,β-unsaturated/α-hetero) is 1. The van der Waals surface area contributed by atoms with Gasteiger partial charge >= 0.3 is 0 Å². The van der Waals surface area contributed by atoms with E-state index in [1.807, 2.05) is 0 Å². The van der Waals surface area contributed by atoms with Gasteiger partial charge in [-0.3, -0.25) is 4.79 Å². The zero-order valence-corrected chi connectivity index (χ0v) is 5.61. The lowest BCUT2D eigenvalue weighted by molar-refractivity contribution is -0.113. The van der Waals surface area contributed by atoms with Gasteiger partial charge in [0.2, 0.25) is 0 Å². The molecule has 0 fully saturated rings. The van der Waals surface area contributed by atoms with Crippen molar-refractivity contribution in [3.63, 3.8) is 0 Å². The molecule has 0 atom stereocenters. The van der Waals surface area contributed by atoms with Crippen LogP contribution in [0.1, 0.15) is 19.8 Å². The molecule has 0 aliphatic carbocycles. The molecule has 0 unspecified atom stereocenters. The Balaban J connectivity index is 3.51. The zero-order valence-electron chi connectivity index (χ0n) is 5.61. The van der Waals surface area contributed by atoms with Crippen molar-refractivity contribution in [2.75, 3.05) is 0 Å². The van der Waals surface area contributed by atoms with Gasteiger partial charge in [-0.15, -0.1) is 6.58 Å². The summed E-state index contributed by atoms with van der Waals surface area (Å²) in [6.07, 6.45) is 2.79. The van der Waals surface area contributed by atoms with E-state index in [0.29, 0.717) is 12.8 Å². The number of carbonyl (C=O) groups excluding carboxylic acids is 1. The van der Waals surface area contributed by atoms with Gasteiger partial charge in [-0.1, -0.05) is 6.08 Å². The normalized spacial score (nSPS) is 8.56. The van der Waals surface area contributed by atoms with Crippen molar-refractivity contribution < 1.29 is 4.79 Å². The summed E-state index contributed by atoms with van der Waals surface area (Å²) in [5, 5.41) is 6.89. The van der Waals surface area contributed by atoms with Crippen LogP contribution in [0.25, 0.3) is 0 Å². The molecule has 0 aromatic heterocycles. The van der Waals surface area contributed by atoms with E-state index in [4.69, 9.17) is 5.41 Å². The van der Waals surface area contributed by atoms with E-state index < -0.39 is 0 Å². The number of allylic oxidation sites excluding steroid dienone is 1. The number of nitrogens with one attached hydrogen (secondary N) is 1. The van der Waals surface area contributed by atoms with Gasteiger partial charge < -0.3 is 5.41 Å². The second-order valence-electron chi connectivity index (χ2n) is 1.88. The summed E-state index contributed by atoms with van der Waals surface area (Å²) in [5.74, 6) is -0.0881. The Bertz CT molecular complexity index is 138. The van der Waals surface area contributed by atoms with Gasteiger partial charge in [0.15, 0.2) is 5.78 Å². The Morgan fingerprint density at radius 3 is 2.67 bits per heavy atom. The van der Waals surface area contributed by atoms with Crippen molar-refractivity contribution in [2.24, 2.45) is 0 Å². The SMILES string of the molecule is C=CCCC(=O)C(C)=N. The second-order valence-corrected chi connectivity index (χ2v) is 1.88. The third-order valence-electron chi connectivity index (χ3n) is 0.994. The largest absolute Gasteiger partial charge is 0.302 e. The predicted octanol–water partition coefficient (Wildman–Crippen LogP) is 1.56. The van der Waals surface area contributed by atoms with E-state index in [-0.39, 0.29) is 11.5 Å². The smallest absolute Gasteiger partial charge is 0.176 e. The zero-order chi connectivity index (χ0) is 7.28. The minimum absolute atomic E-state index is 0.0881. The van der Waals surface area contributed by atoms with Crippen molar-refractivity contribution >= 4 is 11.5 Å². The number of rotatable bonds is 4. The lowest BCUT2D eigenvalue weighted by atomic mass is 10.1. The molecule has 0 aliphatic heterocycles. The van der Waals surface area contributed by atoms with Gasteiger partial charge in [-0.2, -0.15) is 0 Å². The molecule has 1 N–H and O–H groups in total. The van der Waals surface area contributed by atoms with E-state index in [2.05, 4.69) is 6.58 Å². The molecule has 0 aliphatic rings. The summed E-state index contributed by atoms with van der Waals surface area (Å²) in [6, 6.07) is 0. The van der Waals surface area contributed by atoms with Gasteiger partial charge in [-0.25, -0.2) is 0 Å². The molecule has 0 saturated heterocycles. The minimum atomic E-state index is -0.0881. The number of ketones is 1. The molecule has 0 saturated carbocycles. The maximum absolute atomic E-state index is 10.6. The average Bonchev–Trinajstić information content (AvgIpc) is 1.82. The number of hydrogen-bond acceptors (Lipinski definition) is 2. The highest BCUT2D eigenvalue weighted by atomic mass is 16.1. The molecule has 50 valence electrons. The molecular formula is C7H11NO. The Hall–Kier alpha value is -0.920. The molecule has 9 heavy (non-hydrogen) atoms. The van der Waals surface area contributed by atoms with Crippen molar-refractivity contribution in [3.05, 3.63) is 12.7 Å². The molecule has 0 radical (unpaired) electrons. The maximum Gasteiger partial charge on any atom is 0.176 e. The highest BCUT2D eigenvalue weighted by Gasteiger charge is 2.00. The van der Waals surface area contributed by atoms with Crippen LogP contribution in [0, 0.1) is 5.41 Å². The fourth-order valence-electron chi connectivity index (χ4n) is 0.421. The lowest BCUT2D eigenvalue weighted by Crippen LogP contribution is -2.06. The Morgan fingerprint density at radius 1 is 1.78 bits per heavy atom. The summed E-state index contributed by atoms with van der Waals surface area (Å²) in [7, 11) is 0. The lowest BCUT2D eigenvalue weighted by Gasteiger charge is -1.91. The highest BCUT2D eigenvalue weighted by Crippen LogP contribution is 1.91. The van der Waals surface area contributed by atoms with Crippen molar-refractivity contribution in [1.82, 2.24) is 0 Å². The van der Waals surface area contributed by atoms with Crippen LogP contribution < -0.4 is 0 Å². The minimum Gasteiger partial charge on any atom is -0.302 e. The average molecular weight is 125 g/mol. The van der Waals surface area contributed by atoms with Gasteiger partial charge in [0.25, 0.3) is 0 Å². The van der Waals surface area contributed by atoms with Crippen molar-refractivity contribution in [2.45, 2.75) is 19.8 Å². The predicted molar refractivity (Wildman–Crippen MR) is 37.8 cm³/mol. The van der Waals surface area contributed by atoms with Crippen molar-refractivity contribution in [3.8, 4) is 0 Å². The summed E-state index contributed by atoms with van der Waals surface area (Å²) in [5.41, 5.74) is 0.136. The molecule has 0 aromatic rings. The van der Waals surface area contributed by atoms with Gasteiger partial charge in [0.05, 0.1) is 5.71 Å². The van der Waals surface area contributed by atoms with Crippen LogP contribution in [0.4, 0.5) is 0 Å². The third kappa shape index (κ3) is 3.64. The molecule has 0 rings (SSSR count). The summed E-state index contributed by atoms with van der Waals surface area (Å²) < 4.78 is 0. The fourth-order valence-corrected chi connectivity index (χ4v) is 0.421. The standard InChI is InChI=1S/C7H11NO/c1-3-4-5-7(9)6(2)8/h3,8H,1,4-5H2,2H3. The van der Waals surface area contributed by atoms with E-state index in [9.17, 15) is 4.79 Å². The quantitative estimate of drug-likeness (QED) is 0.449. The first-order chi connectivity index (χ1) is 4.18. The second kappa shape index (κ2) is 4.01. The molecule has 0 bridgehead atoms. The summed E-state index contributed by atoms with van der Waals surface area (Å²) in [4.78, 5) is 10.6. The van der Waals surface area contributed by atoms with Crippen molar-refractivity contribution in [1.29, 1.82) is 5.41 Å². The summed E-state index contributed by atoms with van der Waals surface area (Å²) >= 11 is 0. The molecule has 0 aromatic carbocycles. The highest BCUT2D eigenvalue weighted by molar-refractivity contribution is 6.37.